The summed E-state index contributed by atoms with van der Waals surface area (Å²) in [4.78, 5) is 19.3. The maximum Gasteiger partial charge on any atom is 0.221 e. The van der Waals surface area contributed by atoms with E-state index in [0.29, 0.717) is 16.5 Å². The number of nitrogens with zero attached hydrogens (tertiary/aromatic N) is 1. The van der Waals surface area contributed by atoms with Crippen molar-refractivity contribution in [3.05, 3.63) is 58.9 Å². The molecular weight excluding hydrogens is 326 g/mol. The number of benzene rings is 2. The van der Waals surface area contributed by atoms with Crippen LogP contribution in [0.25, 0.3) is 22.8 Å². The number of halogens is 1. The number of nitrogens with one attached hydrogen (secondary N) is 2. The van der Waals surface area contributed by atoms with Gasteiger partial charge in [-0.15, -0.1) is 0 Å². The topological polar surface area (TPSA) is 67.0 Å². The predicted molar refractivity (Wildman–Crippen MR) is 95.8 cm³/mol. The smallest absolute Gasteiger partial charge is 0.221 e. The highest BCUT2D eigenvalue weighted by molar-refractivity contribution is 6.31. The zero-order chi connectivity index (χ0) is 17.1. The molecule has 0 aliphatic rings. The van der Waals surface area contributed by atoms with E-state index in [0.717, 1.165) is 22.3 Å². The summed E-state index contributed by atoms with van der Waals surface area (Å²) in [7, 11) is 1.61. The summed E-state index contributed by atoms with van der Waals surface area (Å²) in [6, 6.07) is 12.9. The van der Waals surface area contributed by atoms with Crippen LogP contribution in [0.15, 0.2) is 42.5 Å². The van der Waals surface area contributed by atoms with Gasteiger partial charge in [0, 0.05) is 11.9 Å². The van der Waals surface area contributed by atoms with Gasteiger partial charge in [-0.1, -0.05) is 23.7 Å². The predicted octanol–water partition coefficient (Wildman–Crippen LogP) is 3.86. The average Bonchev–Trinajstić information content (AvgIpc) is 2.97. The van der Waals surface area contributed by atoms with Crippen LogP contribution in [0.1, 0.15) is 18.3 Å². The van der Waals surface area contributed by atoms with Crippen LogP contribution in [-0.2, 0) is 4.79 Å². The number of amides is 1. The van der Waals surface area contributed by atoms with Crippen molar-refractivity contribution >= 4 is 40.3 Å². The van der Waals surface area contributed by atoms with E-state index in [4.69, 9.17) is 16.3 Å². The van der Waals surface area contributed by atoms with Gasteiger partial charge in [0.2, 0.25) is 5.91 Å². The van der Waals surface area contributed by atoms with E-state index < -0.39 is 0 Å². The molecule has 0 saturated carbocycles. The fraction of sp³-hybridized carbons (Fsp3) is 0.111. The second-order valence-electron chi connectivity index (χ2n) is 5.26. The number of aromatic nitrogens is 2. The van der Waals surface area contributed by atoms with Crippen molar-refractivity contribution in [1.82, 2.24) is 15.3 Å². The number of fused-ring (bicyclic) bond motifs is 1. The molecular formula is C18H16ClN3O2. The van der Waals surface area contributed by atoms with Crippen molar-refractivity contribution in [3.63, 3.8) is 0 Å². The summed E-state index contributed by atoms with van der Waals surface area (Å²) in [6.07, 6.45) is 1.84. The minimum atomic E-state index is -0.178. The summed E-state index contributed by atoms with van der Waals surface area (Å²) in [5.74, 6) is 1.12. The first kappa shape index (κ1) is 16.1. The fourth-order valence-electron chi connectivity index (χ4n) is 2.36. The van der Waals surface area contributed by atoms with Gasteiger partial charge in [0.25, 0.3) is 0 Å². The molecule has 122 valence electrons. The Morgan fingerprint density at radius 2 is 2.12 bits per heavy atom. The van der Waals surface area contributed by atoms with Crippen molar-refractivity contribution in [2.24, 2.45) is 0 Å². The van der Waals surface area contributed by atoms with Gasteiger partial charge in [-0.05, 0) is 42.0 Å². The Bertz CT molecular complexity index is 931. The van der Waals surface area contributed by atoms with Crippen LogP contribution in [0.3, 0.4) is 0 Å². The Morgan fingerprint density at radius 3 is 2.88 bits per heavy atom. The highest BCUT2D eigenvalue weighted by Crippen LogP contribution is 2.22. The average molecular weight is 342 g/mol. The molecule has 0 aliphatic carbocycles. The van der Waals surface area contributed by atoms with Crippen LogP contribution >= 0.6 is 11.6 Å². The van der Waals surface area contributed by atoms with Gasteiger partial charge in [0.15, 0.2) is 5.82 Å². The first-order chi connectivity index (χ1) is 11.5. The molecule has 0 unspecified atom stereocenters. The maximum atomic E-state index is 11.6. The van der Waals surface area contributed by atoms with E-state index in [2.05, 4.69) is 15.3 Å². The number of ether oxygens (including phenoxy) is 1. The van der Waals surface area contributed by atoms with Crippen molar-refractivity contribution in [1.29, 1.82) is 0 Å². The largest absolute Gasteiger partial charge is 0.497 e. The molecule has 5 nitrogen and oxygen atoms in total. The molecule has 0 radical (unpaired) electrons. The standard InChI is InChI=1S/C18H16ClN3O2/c1-11(23)20-17(9-12-4-3-5-14(8-12)24-2)18-21-15-7-6-13(19)10-16(15)22-18/h3-10H,1-2H3,(H,20,23)(H,21,22). The summed E-state index contributed by atoms with van der Waals surface area (Å²) in [6.45, 7) is 1.46. The van der Waals surface area contributed by atoms with Gasteiger partial charge >= 0.3 is 0 Å². The third-order valence-electron chi connectivity index (χ3n) is 3.41. The highest BCUT2D eigenvalue weighted by Gasteiger charge is 2.10. The summed E-state index contributed by atoms with van der Waals surface area (Å²) >= 11 is 6.01. The van der Waals surface area contributed by atoms with E-state index in [9.17, 15) is 4.79 Å². The third kappa shape index (κ3) is 3.58. The lowest BCUT2D eigenvalue weighted by molar-refractivity contribution is -0.117. The number of aromatic amines is 1. The SMILES string of the molecule is COc1cccc(C=C(NC(C)=O)c2nc3ccc(Cl)cc3[nH]2)c1. The fourth-order valence-corrected chi connectivity index (χ4v) is 2.53. The monoisotopic (exact) mass is 341 g/mol. The van der Waals surface area contributed by atoms with Crippen LogP contribution in [0.2, 0.25) is 5.02 Å². The van der Waals surface area contributed by atoms with Crippen LogP contribution in [0, 0.1) is 0 Å². The highest BCUT2D eigenvalue weighted by atomic mass is 35.5. The quantitative estimate of drug-likeness (QED) is 0.757. The number of carbonyl (C=O) groups excluding carboxylic acids is 1. The lowest BCUT2D eigenvalue weighted by Gasteiger charge is -2.06. The number of rotatable bonds is 4. The number of imidazole rings is 1. The molecule has 1 aromatic heterocycles. The van der Waals surface area contributed by atoms with E-state index in [1.807, 2.05) is 36.4 Å². The van der Waals surface area contributed by atoms with Gasteiger partial charge in [-0.3, -0.25) is 4.79 Å². The Balaban J connectivity index is 2.06. The molecule has 24 heavy (non-hydrogen) atoms. The van der Waals surface area contributed by atoms with Crippen molar-refractivity contribution < 1.29 is 9.53 Å². The van der Waals surface area contributed by atoms with E-state index in [1.165, 1.54) is 6.92 Å². The molecule has 0 bridgehead atoms. The van der Waals surface area contributed by atoms with Gasteiger partial charge in [0.05, 0.1) is 23.8 Å². The van der Waals surface area contributed by atoms with E-state index in [1.54, 1.807) is 19.2 Å². The van der Waals surface area contributed by atoms with Crippen LogP contribution in [0.4, 0.5) is 0 Å². The zero-order valence-electron chi connectivity index (χ0n) is 13.3. The third-order valence-corrected chi connectivity index (χ3v) is 3.65. The Labute approximate surface area is 144 Å². The molecule has 1 heterocycles. The Kier molecular flexibility index (Phi) is 4.53. The molecule has 0 spiro atoms. The lowest BCUT2D eigenvalue weighted by Crippen LogP contribution is -2.18. The molecule has 6 heteroatoms. The molecule has 2 N–H and O–H groups in total. The minimum Gasteiger partial charge on any atom is -0.497 e. The van der Waals surface area contributed by atoms with E-state index in [-0.39, 0.29) is 5.91 Å². The summed E-state index contributed by atoms with van der Waals surface area (Å²) in [5, 5.41) is 3.43. The van der Waals surface area contributed by atoms with Crippen molar-refractivity contribution in [2.75, 3.05) is 7.11 Å². The van der Waals surface area contributed by atoms with Crippen LogP contribution < -0.4 is 10.1 Å². The Hall–Kier alpha value is -2.79. The Morgan fingerprint density at radius 1 is 1.29 bits per heavy atom. The molecule has 1 amide bonds. The molecule has 0 atom stereocenters. The van der Waals surface area contributed by atoms with Gasteiger partial charge < -0.3 is 15.0 Å². The molecule has 0 aliphatic heterocycles. The first-order valence-electron chi connectivity index (χ1n) is 7.34. The lowest BCUT2D eigenvalue weighted by atomic mass is 10.1. The molecule has 3 aromatic rings. The van der Waals surface area contributed by atoms with Crippen molar-refractivity contribution in [3.8, 4) is 5.75 Å². The normalized spacial score (nSPS) is 11.5. The number of hydrogen-bond acceptors (Lipinski definition) is 3. The number of H-pyrrole nitrogens is 1. The van der Waals surface area contributed by atoms with Crippen LogP contribution in [0.5, 0.6) is 5.75 Å². The summed E-state index contributed by atoms with van der Waals surface area (Å²) in [5.41, 5.74) is 3.04. The van der Waals surface area contributed by atoms with E-state index >= 15 is 0 Å². The minimum absolute atomic E-state index is 0.178. The molecule has 2 aromatic carbocycles. The number of hydrogen-bond donors (Lipinski definition) is 2. The second-order valence-corrected chi connectivity index (χ2v) is 5.70. The summed E-state index contributed by atoms with van der Waals surface area (Å²) < 4.78 is 5.23. The van der Waals surface area contributed by atoms with Gasteiger partial charge in [-0.2, -0.15) is 0 Å². The molecule has 0 saturated heterocycles. The maximum absolute atomic E-state index is 11.6. The molecule has 0 fully saturated rings. The number of carbonyl (C=O) groups is 1. The van der Waals surface area contributed by atoms with Crippen LogP contribution in [-0.4, -0.2) is 23.0 Å². The van der Waals surface area contributed by atoms with Crippen molar-refractivity contribution in [2.45, 2.75) is 6.92 Å². The zero-order valence-corrected chi connectivity index (χ0v) is 14.0. The van der Waals surface area contributed by atoms with Gasteiger partial charge in [-0.25, -0.2) is 4.98 Å². The second kappa shape index (κ2) is 6.76. The number of methoxy groups -OCH3 is 1. The first-order valence-corrected chi connectivity index (χ1v) is 7.72. The van der Waals surface area contributed by atoms with Gasteiger partial charge in [0.1, 0.15) is 5.75 Å². The molecule has 3 rings (SSSR count).